The Morgan fingerprint density at radius 3 is 2.58 bits per heavy atom. The van der Waals surface area contributed by atoms with Crippen LogP contribution in [-0.4, -0.2) is 19.6 Å². The van der Waals surface area contributed by atoms with Gasteiger partial charge in [-0.15, -0.1) is 0 Å². The van der Waals surface area contributed by atoms with Crippen molar-refractivity contribution in [2.75, 3.05) is 5.73 Å². The Bertz CT molecular complexity index is 554. The predicted octanol–water partition coefficient (Wildman–Crippen LogP) is 0.0453. The first-order valence-electron chi connectivity index (χ1n) is 6.32. The van der Waals surface area contributed by atoms with E-state index in [2.05, 4.69) is 28.6 Å². The SMILES string of the molecule is CCc1cc(CC(NN)c2cnn(C)c2N)n(C)n1. The van der Waals surface area contributed by atoms with Crippen LogP contribution in [0.15, 0.2) is 12.3 Å². The second-order valence-corrected chi connectivity index (χ2v) is 4.64. The van der Waals surface area contributed by atoms with E-state index in [-0.39, 0.29) is 6.04 Å². The number of aromatic nitrogens is 4. The zero-order valence-electron chi connectivity index (χ0n) is 11.6. The summed E-state index contributed by atoms with van der Waals surface area (Å²) < 4.78 is 3.52. The Kier molecular flexibility index (Phi) is 3.87. The van der Waals surface area contributed by atoms with Crippen LogP contribution in [0.4, 0.5) is 5.82 Å². The Balaban J connectivity index is 2.23. The predicted molar refractivity (Wildman–Crippen MR) is 74.0 cm³/mol. The summed E-state index contributed by atoms with van der Waals surface area (Å²) in [5, 5.41) is 8.58. The van der Waals surface area contributed by atoms with Gasteiger partial charge in [0.1, 0.15) is 5.82 Å². The number of nitrogens with one attached hydrogen (secondary N) is 1. The molecule has 0 spiro atoms. The number of hydrogen-bond donors (Lipinski definition) is 3. The fourth-order valence-corrected chi connectivity index (χ4v) is 2.14. The van der Waals surface area contributed by atoms with Crippen LogP contribution in [0.3, 0.4) is 0 Å². The maximum Gasteiger partial charge on any atom is 0.126 e. The molecule has 2 heterocycles. The van der Waals surface area contributed by atoms with Crippen LogP contribution in [0, 0.1) is 0 Å². The molecule has 104 valence electrons. The van der Waals surface area contributed by atoms with Gasteiger partial charge in [0.15, 0.2) is 0 Å². The molecule has 2 rings (SSSR count). The summed E-state index contributed by atoms with van der Waals surface area (Å²) in [6.07, 6.45) is 3.39. The number of anilines is 1. The van der Waals surface area contributed by atoms with Gasteiger partial charge < -0.3 is 5.73 Å². The minimum absolute atomic E-state index is 0.0752. The van der Waals surface area contributed by atoms with E-state index in [1.54, 1.807) is 10.9 Å². The van der Waals surface area contributed by atoms with E-state index in [9.17, 15) is 0 Å². The number of hydrogen-bond acceptors (Lipinski definition) is 5. The topological polar surface area (TPSA) is 99.7 Å². The van der Waals surface area contributed by atoms with Gasteiger partial charge in [0, 0.05) is 31.8 Å². The highest BCUT2D eigenvalue weighted by Gasteiger charge is 2.18. The van der Waals surface area contributed by atoms with Crippen molar-refractivity contribution in [1.82, 2.24) is 25.0 Å². The van der Waals surface area contributed by atoms with Crippen molar-refractivity contribution in [3.05, 3.63) is 29.2 Å². The molecule has 0 bridgehead atoms. The van der Waals surface area contributed by atoms with E-state index in [1.807, 2.05) is 18.8 Å². The average Bonchev–Trinajstić information content (AvgIpc) is 2.92. The molecule has 7 nitrogen and oxygen atoms in total. The summed E-state index contributed by atoms with van der Waals surface area (Å²) in [6.45, 7) is 2.09. The lowest BCUT2D eigenvalue weighted by atomic mass is 10.0. The standard InChI is InChI=1S/C12H21N7/c1-4-8-5-9(18(2)17-8)6-11(16-14)10-7-15-19(3)12(10)13/h5,7,11,16H,4,6,13-14H2,1-3H3. The molecule has 0 amide bonds. The smallest absolute Gasteiger partial charge is 0.126 e. The molecule has 1 unspecified atom stereocenters. The second kappa shape index (κ2) is 5.41. The van der Waals surface area contributed by atoms with Gasteiger partial charge in [0.2, 0.25) is 0 Å². The number of nitrogen functional groups attached to an aromatic ring is 1. The molecule has 0 aliphatic rings. The van der Waals surface area contributed by atoms with Gasteiger partial charge in [-0.2, -0.15) is 10.2 Å². The Hall–Kier alpha value is -1.86. The van der Waals surface area contributed by atoms with E-state index in [1.165, 1.54) is 0 Å². The lowest BCUT2D eigenvalue weighted by molar-refractivity contribution is 0.531. The summed E-state index contributed by atoms with van der Waals surface area (Å²) in [4.78, 5) is 0. The van der Waals surface area contributed by atoms with Crippen LogP contribution < -0.4 is 17.0 Å². The zero-order chi connectivity index (χ0) is 14.0. The molecule has 0 saturated carbocycles. The lowest BCUT2D eigenvalue weighted by Crippen LogP contribution is -2.30. The van der Waals surface area contributed by atoms with E-state index in [0.717, 1.165) is 29.8 Å². The molecule has 2 aromatic rings. The molecule has 19 heavy (non-hydrogen) atoms. The molecule has 2 aromatic heterocycles. The Morgan fingerprint density at radius 2 is 2.11 bits per heavy atom. The first kappa shape index (κ1) is 13.6. The third-order valence-corrected chi connectivity index (χ3v) is 3.39. The van der Waals surface area contributed by atoms with Crippen molar-refractivity contribution in [2.24, 2.45) is 19.9 Å². The van der Waals surface area contributed by atoms with Gasteiger partial charge in [-0.1, -0.05) is 6.92 Å². The fourth-order valence-electron chi connectivity index (χ4n) is 2.14. The number of nitrogens with two attached hydrogens (primary N) is 2. The van der Waals surface area contributed by atoms with Gasteiger partial charge in [-0.05, 0) is 12.5 Å². The van der Waals surface area contributed by atoms with E-state index < -0.39 is 0 Å². The van der Waals surface area contributed by atoms with E-state index >= 15 is 0 Å². The van der Waals surface area contributed by atoms with E-state index in [4.69, 9.17) is 11.6 Å². The number of hydrazine groups is 1. The van der Waals surface area contributed by atoms with Gasteiger partial charge in [-0.3, -0.25) is 20.6 Å². The molecular weight excluding hydrogens is 242 g/mol. The van der Waals surface area contributed by atoms with Crippen LogP contribution in [0.2, 0.25) is 0 Å². The molecule has 5 N–H and O–H groups in total. The molecule has 1 atom stereocenters. The highest BCUT2D eigenvalue weighted by molar-refractivity contribution is 5.41. The van der Waals surface area contributed by atoms with Gasteiger partial charge in [-0.25, -0.2) is 0 Å². The van der Waals surface area contributed by atoms with Crippen LogP contribution in [0.25, 0.3) is 0 Å². The summed E-state index contributed by atoms with van der Waals surface area (Å²) in [5.74, 6) is 6.27. The fraction of sp³-hybridized carbons (Fsp3) is 0.500. The number of aryl methyl sites for hydroxylation is 3. The molecule has 0 aromatic carbocycles. The maximum atomic E-state index is 5.98. The van der Waals surface area contributed by atoms with Crippen molar-refractivity contribution in [3.8, 4) is 0 Å². The van der Waals surface area contributed by atoms with Gasteiger partial charge >= 0.3 is 0 Å². The van der Waals surface area contributed by atoms with Crippen molar-refractivity contribution >= 4 is 5.82 Å². The monoisotopic (exact) mass is 263 g/mol. The second-order valence-electron chi connectivity index (χ2n) is 4.64. The third-order valence-electron chi connectivity index (χ3n) is 3.39. The van der Waals surface area contributed by atoms with Crippen LogP contribution in [0.1, 0.15) is 29.9 Å². The molecular formula is C12H21N7. The van der Waals surface area contributed by atoms with E-state index in [0.29, 0.717) is 5.82 Å². The van der Waals surface area contributed by atoms with Gasteiger partial charge in [0.25, 0.3) is 0 Å². The van der Waals surface area contributed by atoms with Gasteiger partial charge in [0.05, 0.1) is 17.9 Å². The highest BCUT2D eigenvalue weighted by Crippen LogP contribution is 2.22. The van der Waals surface area contributed by atoms with Crippen LogP contribution >= 0.6 is 0 Å². The van der Waals surface area contributed by atoms with Crippen molar-refractivity contribution < 1.29 is 0 Å². The third kappa shape index (κ3) is 2.61. The summed E-state index contributed by atoms with van der Waals surface area (Å²) >= 11 is 0. The maximum absolute atomic E-state index is 5.98. The number of nitrogens with zero attached hydrogens (tertiary/aromatic N) is 4. The molecule has 0 saturated heterocycles. The van der Waals surface area contributed by atoms with Crippen molar-refractivity contribution in [1.29, 1.82) is 0 Å². The van der Waals surface area contributed by atoms with Crippen molar-refractivity contribution in [2.45, 2.75) is 25.8 Å². The minimum Gasteiger partial charge on any atom is -0.384 e. The first-order valence-corrected chi connectivity index (χ1v) is 6.32. The molecule has 0 aliphatic heterocycles. The Morgan fingerprint density at radius 1 is 1.37 bits per heavy atom. The zero-order valence-corrected chi connectivity index (χ0v) is 11.6. The van der Waals surface area contributed by atoms with Crippen molar-refractivity contribution in [3.63, 3.8) is 0 Å². The first-order chi connectivity index (χ1) is 9.06. The van der Waals surface area contributed by atoms with Crippen LogP contribution in [0.5, 0.6) is 0 Å². The summed E-state index contributed by atoms with van der Waals surface area (Å²) in [7, 11) is 3.75. The molecule has 7 heteroatoms. The normalized spacial score (nSPS) is 12.8. The Labute approximate surface area is 112 Å². The molecule has 0 radical (unpaired) electrons. The molecule has 0 fully saturated rings. The minimum atomic E-state index is -0.0752. The molecule has 0 aliphatic carbocycles. The number of rotatable bonds is 5. The summed E-state index contributed by atoms with van der Waals surface area (Å²) in [5.41, 5.74) is 11.9. The summed E-state index contributed by atoms with van der Waals surface area (Å²) in [6, 6.07) is 2.02. The quantitative estimate of drug-likeness (QED) is 0.522. The lowest BCUT2D eigenvalue weighted by Gasteiger charge is -2.15. The average molecular weight is 263 g/mol. The largest absolute Gasteiger partial charge is 0.384 e. The highest BCUT2D eigenvalue weighted by atomic mass is 15.3. The van der Waals surface area contributed by atoms with Crippen LogP contribution in [-0.2, 0) is 26.9 Å².